The Morgan fingerprint density at radius 1 is 0.812 bits per heavy atom. The van der Waals surface area contributed by atoms with Crippen molar-refractivity contribution in [2.45, 2.75) is 65.4 Å². The van der Waals surface area contributed by atoms with Gasteiger partial charge >= 0.3 is 12.1 Å². The molecular formula is C37H45N3O8. The zero-order chi connectivity index (χ0) is 34.5. The highest BCUT2D eigenvalue weighted by Gasteiger charge is 2.30. The van der Waals surface area contributed by atoms with E-state index in [9.17, 15) is 19.2 Å². The van der Waals surface area contributed by atoms with E-state index in [1.165, 1.54) is 0 Å². The van der Waals surface area contributed by atoms with Gasteiger partial charge in [0.05, 0.1) is 19.8 Å². The fraction of sp³-hybridized carbons (Fsp3) is 0.405. The molecule has 4 rings (SSSR count). The van der Waals surface area contributed by atoms with Crippen LogP contribution in [-0.2, 0) is 39.9 Å². The van der Waals surface area contributed by atoms with E-state index in [-0.39, 0.29) is 38.2 Å². The summed E-state index contributed by atoms with van der Waals surface area (Å²) in [5.74, 6) is -1.71. The van der Waals surface area contributed by atoms with Gasteiger partial charge in [-0.25, -0.2) is 9.59 Å². The number of carbonyl (C=O) groups is 4. The second-order valence-corrected chi connectivity index (χ2v) is 11.9. The normalized spacial score (nSPS) is 13.2. The van der Waals surface area contributed by atoms with E-state index in [1.54, 1.807) is 45.0 Å². The number of unbranched alkanes of at least 4 members (excludes halogenated alkanes) is 1. The van der Waals surface area contributed by atoms with Crippen molar-refractivity contribution in [3.8, 4) is 11.1 Å². The maximum atomic E-state index is 13.0. The second-order valence-electron chi connectivity index (χ2n) is 11.9. The van der Waals surface area contributed by atoms with E-state index in [4.69, 9.17) is 18.9 Å². The Balaban J connectivity index is 1.18. The van der Waals surface area contributed by atoms with Crippen LogP contribution in [0.1, 0.15) is 63.1 Å². The van der Waals surface area contributed by atoms with Gasteiger partial charge in [-0.15, -0.1) is 0 Å². The molecule has 3 amide bonds. The molecule has 0 fully saturated rings. The molecule has 48 heavy (non-hydrogen) atoms. The van der Waals surface area contributed by atoms with E-state index in [0.717, 1.165) is 40.7 Å². The lowest BCUT2D eigenvalue weighted by Gasteiger charge is -2.22. The van der Waals surface area contributed by atoms with Gasteiger partial charge in [0.25, 0.3) is 0 Å². The summed E-state index contributed by atoms with van der Waals surface area (Å²) in [7, 11) is 0. The van der Waals surface area contributed by atoms with Crippen molar-refractivity contribution in [2.24, 2.45) is 5.92 Å². The van der Waals surface area contributed by atoms with Crippen LogP contribution in [0.25, 0.3) is 11.1 Å². The SMILES string of the molecule is CCCCOC(=O)COC(C)OCc1ccc(NC(=O)CNC(=O)C(NC(=O)OCC2c3ccccc3-c3ccccc32)C(C)C)cc1. The van der Waals surface area contributed by atoms with Crippen LogP contribution in [0.5, 0.6) is 0 Å². The molecule has 0 radical (unpaired) electrons. The molecule has 3 aromatic carbocycles. The molecule has 1 aliphatic carbocycles. The van der Waals surface area contributed by atoms with Crippen LogP contribution in [-0.4, -0.2) is 62.6 Å². The van der Waals surface area contributed by atoms with Gasteiger partial charge in [0.15, 0.2) is 6.29 Å². The van der Waals surface area contributed by atoms with E-state index >= 15 is 0 Å². The number of carbonyl (C=O) groups excluding carboxylic acids is 4. The van der Waals surface area contributed by atoms with E-state index in [1.807, 2.05) is 43.3 Å². The molecule has 0 aromatic heterocycles. The van der Waals surface area contributed by atoms with Gasteiger partial charge in [-0.05, 0) is 59.2 Å². The third kappa shape index (κ3) is 10.4. The number of hydrogen-bond acceptors (Lipinski definition) is 8. The maximum Gasteiger partial charge on any atom is 0.407 e. The van der Waals surface area contributed by atoms with Gasteiger partial charge in [0, 0.05) is 11.6 Å². The Hall–Kier alpha value is -4.74. The Kier molecular flexibility index (Phi) is 13.5. The van der Waals surface area contributed by atoms with Crippen LogP contribution >= 0.6 is 0 Å². The third-order valence-corrected chi connectivity index (χ3v) is 7.91. The van der Waals surface area contributed by atoms with E-state index in [2.05, 4.69) is 28.1 Å². The summed E-state index contributed by atoms with van der Waals surface area (Å²) in [6, 6.07) is 22.2. The summed E-state index contributed by atoms with van der Waals surface area (Å²) < 4.78 is 21.7. The van der Waals surface area contributed by atoms with Crippen molar-refractivity contribution in [3.63, 3.8) is 0 Å². The first-order valence-corrected chi connectivity index (χ1v) is 16.3. The number of hydrogen-bond donors (Lipinski definition) is 3. The smallest absolute Gasteiger partial charge is 0.407 e. The van der Waals surface area contributed by atoms with E-state index < -0.39 is 36.2 Å². The number of anilines is 1. The lowest BCUT2D eigenvalue weighted by atomic mass is 9.98. The van der Waals surface area contributed by atoms with Crippen LogP contribution in [0, 0.1) is 5.92 Å². The minimum absolute atomic E-state index is 0.102. The minimum Gasteiger partial charge on any atom is -0.464 e. The van der Waals surface area contributed by atoms with Gasteiger partial charge in [-0.3, -0.25) is 9.59 Å². The van der Waals surface area contributed by atoms with Crippen molar-refractivity contribution in [3.05, 3.63) is 89.5 Å². The second kappa shape index (κ2) is 18.0. The van der Waals surface area contributed by atoms with Crippen molar-refractivity contribution in [1.82, 2.24) is 10.6 Å². The molecular weight excluding hydrogens is 614 g/mol. The number of alkyl carbamates (subject to hydrolysis) is 1. The lowest BCUT2D eigenvalue weighted by molar-refractivity contribution is -0.171. The van der Waals surface area contributed by atoms with Gasteiger partial charge in [0.2, 0.25) is 11.8 Å². The molecule has 11 heteroatoms. The number of fused-ring (bicyclic) bond motifs is 3. The average molecular weight is 660 g/mol. The summed E-state index contributed by atoms with van der Waals surface area (Å²) >= 11 is 0. The largest absolute Gasteiger partial charge is 0.464 e. The zero-order valence-electron chi connectivity index (χ0n) is 28.0. The minimum atomic E-state index is -0.897. The fourth-order valence-corrected chi connectivity index (χ4v) is 5.29. The quantitative estimate of drug-likeness (QED) is 0.0977. The summed E-state index contributed by atoms with van der Waals surface area (Å²) in [6.07, 6.45) is 0.437. The standard InChI is InChI=1S/C37H45N3O8/c1-5-6-19-45-34(42)23-47-25(4)46-21-26-15-17-27(18-16-26)39-33(41)20-38-36(43)35(24(2)3)40-37(44)48-22-32-30-13-9-7-11-28(30)29-12-8-10-14-31(29)32/h7-18,24-25,32,35H,5-6,19-23H2,1-4H3,(H,38,43)(H,39,41)(H,40,44). The molecule has 11 nitrogen and oxygen atoms in total. The monoisotopic (exact) mass is 659 g/mol. The molecule has 0 saturated carbocycles. The van der Waals surface area contributed by atoms with Crippen LogP contribution in [0.15, 0.2) is 72.8 Å². The number of esters is 1. The van der Waals surface area contributed by atoms with Crippen LogP contribution < -0.4 is 16.0 Å². The Morgan fingerprint density at radius 2 is 1.46 bits per heavy atom. The van der Waals surface area contributed by atoms with Gasteiger partial charge in [-0.1, -0.05) is 87.9 Å². The third-order valence-electron chi connectivity index (χ3n) is 7.91. The first-order valence-electron chi connectivity index (χ1n) is 16.3. The molecule has 2 atom stereocenters. The first kappa shape index (κ1) is 36.1. The molecule has 0 heterocycles. The number of benzene rings is 3. The van der Waals surface area contributed by atoms with Gasteiger partial charge in [-0.2, -0.15) is 0 Å². The molecule has 0 spiro atoms. The Labute approximate surface area is 281 Å². The molecule has 3 N–H and O–H groups in total. The predicted molar refractivity (Wildman–Crippen MR) is 181 cm³/mol. The molecule has 256 valence electrons. The highest BCUT2D eigenvalue weighted by molar-refractivity contribution is 5.95. The number of rotatable bonds is 17. The van der Waals surface area contributed by atoms with Gasteiger partial charge < -0.3 is 34.9 Å². The molecule has 0 bridgehead atoms. The lowest BCUT2D eigenvalue weighted by Crippen LogP contribution is -2.51. The van der Waals surface area contributed by atoms with Crippen LogP contribution in [0.3, 0.4) is 0 Å². The fourth-order valence-electron chi connectivity index (χ4n) is 5.29. The van der Waals surface area contributed by atoms with Crippen molar-refractivity contribution in [2.75, 3.05) is 31.7 Å². The van der Waals surface area contributed by atoms with Gasteiger partial charge in [0.1, 0.15) is 19.3 Å². The number of nitrogens with one attached hydrogen (secondary N) is 3. The predicted octanol–water partition coefficient (Wildman–Crippen LogP) is 5.53. The molecule has 1 aliphatic rings. The topological polar surface area (TPSA) is 141 Å². The number of amides is 3. The molecule has 0 aliphatic heterocycles. The maximum absolute atomic E-state index is 13.0. The highest BCUT2D eigenvalue weighted by Crippen LogP contribution is 2.44. The van der Waals surface area contributed by atoms with Crippen LogP contribution in [0.4, 0.5) is 10.5 Å². The average Bonchev–Trinajstić information content (AvgIpc) is 3.41. The van der Waals surface area contributed by atoms with Crippen LogP contribution in [0.2, 0.25) is 0 Å². The van der Waals surface area contributed by atoms with Crippen molar-refractivity contribution < 1.29 is 38.1 Å². The molecule has 0 saturated heterocycles. The van der Waals surface area contributed by atoms with Crippen molar-refractivity contribution in [1.29, 1.82) is 0 Å². The summed E-state index contributed by atoms with van der Waals surface area (Å²) in [6.45, 7) is 7.59. The summed E-state index contributed by atoms with van der Waals surface area (Å²) in [5, 5.41) is 8.00. The molecule has 3 aromatic rings. The summed E-state index contributed by atoms with van der Waals surface area (Å²) in [5.41, 5.74) is 5.81. The Morgan fingerprint density at radius 3 is 2.08 bits per heavy atom. The highest BCUT2D eigenvalue weighted by atomic mass is 16.7. The van der Waals surface area contributed by atoms with Crippen molar-refractivity contribution >= 4 is 29.6 Å². The van der Waals surface area contributed by atoms with E-state index in [0.29, 0.717) is 12.3 Å². The first-order chi connectivity index (χ1) is 23.2. The Bertz CT molecular complexity index is 1500. The zero-order valence-corrected chi connectivity index (χ0v) is 28.0. The number of ether oxygens (including phenoxy) is 4. The summed E-state index contributed by atoms with van der Waals surface area (Å²) in [4.78, 5) is 50.0. The molecule has 2 unspecified atom stereocenters.